The first-order valence-corrected chi connectivity index (χ1v) is 19.7. The van der Waals surface area contributed by atoms with E-state index in [1.165, 1.54) is 22.3 Å². The molecule has 1 aliphatic carbocycles. The van der Waals surface area contributed by atoms with Gasteiger partial charge in [-0.1, -0.05) is 153 Å². The number of aliphatic imine (C=N–C) groups is 1. The Kier molecular flexibility index (Phi) is 7.66. The van der Waals surface area contributed by atoms with Gasteiger partial charge in [-0.15, -0.1) is 0 Å². The second-order valence-electron chi connectivity index (χ2n) is 15.6. The molecule has 5 heteroatoms. The first-order valence-electron chi connectivity index (χ1n) is 19.7. The summed E-state index contributed by atoms with van der Waals surface area (Å²) in [4.78, 5) is 7.77. The maximum atomic E-state index is 7.19. The molecule has 1 aromatic heterocycles. The number of para-hydroxylation sites is 1. The van der Waals surface area contributed by atoms with Crippen LogP contribution in [-0.4, -0.2) is 5.84 Å². The third kappa shape index (κ3) is 5.38. The molecule has 2 atom stereocenters. The molecule has 2 N–H and O–H groups in total. The number of rotatable bonds is 6. The molecule has 2 aliphatic rings. The van der Waals surface area contributed by atoms with Crippen LogP contribution in [0.1, 0.15) is 54.0 Å². The highest BCUT2D eigenvalue weighted by molar-refractivity contribution is 6.20. The molecule has 9 aromatic rings. The van der Waals surface area contributed by atoms with Gasteiger partial charge in [-0.25, -0.2) is 4.99 Å². The minimum Gasteiger partial charge on any atom is -0.455 e. The minimum absolute atomic E-state index is 0.144. The summed E-state index contributed by atoms with van der Waals surface area (Å²) in [5.74, 6) is 0.833. The maximum Gasteiger partial charge on any atom is 0.144 e. The summed E-state index contributed by atoms with van der Waals surface area (Å²) >= 11 is 0. The molecule has 0 amide bonds. The maximum absolute atomic E-state index is 7.19. The zero-order chi connectivity index (χ0) is 38.1. The molecular formula is C52H40N4O. The Labute approximate surface area is 331 Å². The van der Waals surface area contributed by atoms with E-state index in [1.807, 2.05) is 6.07 Å². The van der Waals surface area contributed by atoms with E-state index in [1.54, 1.807) is 0 Å². The molecule has 2 heterocycles. The van der Waals surface area contributed by atoms with Crippen LogP contribution >= 0.6 is 0 Å². The Bertz CT molecular complexity index is 3000. The number of fused-ring (bicyclic) bond motifs is 8. The third-order valence-corrected chi connectivity index (χ3v) is 11.9. The Hall–Kier alpha value is -6.95. The van der Waals surface area contributed by atoms with E-state index in [-0.39, 0.29) is 11.6 Å². The number of benzene rings is 8. The summed E-state index contributed by atoms with van der Waals surface area (Å²) in [6.45, 7) is 4.68. The van der Waals surface area contributed by atoms with E-state index in [9.17, 15) is 0 Å². The monoisotopic (exact) mass is 736 g/mol. The van der Waals surface area contributed by atoms with Gasteiger partial charge in [0.05, 0.1) is 11.1 Å². The highest BCUT2D eigenvalue weighted by Gasteiger charge is 2.36. The van der Waals surface area contributed by atoms with E-state index in [4.69, 9.17) is 9.41 Å². The van der Waals surface area contributed by atoms with Crippen LogP contribution in [-0.2, 0) is 5.41 Å². The average Bonchev–Trinajstić information content (AvgIpc) is 3.78. The fraction of sp³-hybridized carbons (Fsp3) is 0.0962. The van der Waals surface area contributed by atoms with Crippen molar-refractivity contribution in [3.8, 4) is 11.1 Å². The summed E-state index contributed by atoms with van der Waals surface area (Å²) in [7, 11) is 0. The van der Waals surface area contributed by atoms with Crippen molar-refractivity contribution in [1.82, 2.24) is 10.6 Å². The molecule has 57 heavy (non-hydrogen) atoms. The number of nitrogens with zero attached hydrogens (tertiary/aromatic N) is 2. The quantitative estimate of drug-likeness (QED) is 0.178. The van der Waals surface area contributed by atoms with E-state index in [0.29, 0.717) is 0 Å². The van der Waals surface area contributed by atoms with Crippen LogP contribution in [0, 0.1) is 0 Å². The van der Waals surface area contributed by atoms with Gasteiger partial charge < -0.3 is 14.6 Å². The molecule has 1 aliphatic heterocycles. The van der Waals surface area contributed by atoms with Gasteiger partial charge in [0.25, 0.3) is 0 Å². The standard InChI is InChI=1S/C52H40N4O/c1-52(2)43-25-15-14-24-39(43)40-29-27-37(32-44(40)52)56(36-21-10-5-11-22-36)45-31-30-42(48-46(45)41-28-26-33-16-12-13-23-38(33)47(41)57-48)51-54-49(34-17-6-3-7-18-34)53-50(55-51)35-19-8-4-9-20-35/h3-32,49,51,54H,1-2H3,(H,53,55). The lowest BCUT2D eigenvalue weighted by Crippen LogP contribution is -2.45. The summed E-state index contributed by atoms with van der Waals surface area (Å²) in [5.41, 5.74) is 13.2. The number of furan rings is 1. The molecule has 8 aromatic carbocycles. The van der Waals surface area contributed by atoms with Gasteiger partial charge in [-0.05, 0) is 75.7 Å². The number of anilines is 3. The zero-order valence-electron chi connectivity index (χ0n) is 31.8. The molecule has 5 nitrogen and oxygen atoms in total. The van der Waals surface area contributed by atoms with Crippen molar-refractivity contribution in [2.45, 2.75) is 31.6 Å². The zero-order valence-corrected chi connectivity index (χ0v) is 31.8. The number of hydrogen-bond donors (Lipinski definition) is 2. The summed E-state index contributed by atoms with van der Waals surface area (Å²) in [6, 6.07) is 64.8. The van der Waals surface area contributed by atoms with Crippen molar-refractivity contribution in [2.24, 2.45) is 4.99 Å². The average molecular weight is 737 g/mol. The highest BCUT2D eigenvalue weighted by Crippen LogP contribution is 2.52. The first-order chi connectivity index (χ1) is 28.0. The third-order valence-electron chi connectivity index (χ3n) is 11.9. The van der Waals surface area contributed by atoms with Gasteiger partial charge >= 0.3 is 0 Å². The van der Waals surface area contributed by atoms with Gasteiger partial charge in [-0.3, -0.25) is 5.32 Å². The fourth-order valence-electron chi connectivity index (χ4n) is 9.13. The summed E-state index contributed by atoms with van der Waals surface area (Å²) < 4.78 is 7.19. The van der Waals surface area contributed by atoms with E-state index in [2.05, 4.69) is 205 Å². The van der Waals surface area contributed by atoms with Gasteiger partial charge in [0.2, 0.25) is 0 Å². The number of amidine groups is 1. The van der Waals surface area contributed by atoms with Crippen LogP contribution in [0.3, 0.4) is 0 Å². The summed E-state index contributed by atoms with van der Waals surface area (Å²) in [6.07, 6.45) is -0.580. The van der Waals surface area contributed by atoms with Gasteiger partial charge in [0, 0.05) is 38.7 Å². The second-order valence-corrected chi connectivity index (χ2v) is 15.6. The molecule has 0 saturated heterocycles. The molecule has 11 rings (SSSR count). The van der Waals surface area contributed by atoms with E-state index >= 15 is 0 Å². The lowest BCUT2D eigenvalue weighted by atomic mass is 9.82. The molecule has 0 saturated carbocycles. The predicted octanol–water partition coefficient (Wildman–Crippen LogP) is 12.9. The lowest BCUT2D eigenvalue weighted by molar-refractivity contribution is 0.408. The van der Waals surface area contributed by atoms with Crippen molar-refractivity contribution in [3.05, 3.63) is 210 Å². The first kappa shape index (κ1) is 33.4. The van der Waals surface area contributed by atoms with E-state index in [0.717, 1.165) is 72.3 Å². The number of nitrogens with one attached hydrogen (secondary N) is 2. The molecule has 0 fully saturated rings. The van der Waals surface area contributed by atoms with Crippen molar-refractivity contribution >= 4 is 55.6 Å². The van der Waals surface area contributed by atoms with Crippen molar-refractivity contribution < 1.29 is 4.42 Å². The van der Waals surface area contributed by atoms with Crippen LogP contribution < -0.4 is 15.5 Å². The molecule has 274 valence electrons. The van der Waals surface area contributed by atoms with Crippen LogP contribution in [0.25, 0.3) is 43.8 Å². The van der Waals surface area contributed by atoms with Crippen LogP contribution in [0.4, 0.5) is 17.1 Å². The molecule has 0 radical (unpaired) electrons. The lowest BCUT2D eigenvalue weighted by Gasteiger charge is -2.33. The normalized spacial score (nSPS) is 16.9. The molecule has 0 spiro atoms. The van der Waals surface area contributed by atoms with Crippen molar-refractivity contribution in [2.75, 3.05) is 4.90 Å². The summed E-state index contributed by atoms with van der Waals surface area (Å²) in [5, 5.41) is 11.9. The largest absolute Gasteiger partial charge is 0.455 e. The van der Waals surface area contributed by atoms with Crippen molar-refractivity contribution in [1.29, 1.82) is 0 Å². The smallest absolute Gasteiger partial charge is 0.144 e. The van der Waals surface area contributed by atoms with Crippen LogP contribution in [0.2, 0.25) is 0 Å². The van der Waals surface area contributed by atoms with Gasteiger partial charge in [-0.2, -0.15) is 0 Å². The Morgan fingerprint density at radius 1 is 0.579 bits per heavy atom. The van der Waals surface area contributed by atoms with Gasteiger partial charge in [0.1, 0.15) is 29.3 Å². The Morgan fingerprint density at radius 2 is 1.28 bits per heavy atom. The predicted molar refractivity (Wildman–Crippen MR) is 235 cm³/mol. The van der Waals surface area contributed by atoms with Crippen molar-refractivity contribution in [3.63, 3.8) is 0 Å². The Balaban J connectivity index is 1.16. The number of hydrogen-bond acceptors (Lipinski definition) is 5. The minimum atomic E-state index is -0.403. The SMILES string of the molecule is CC1(C)c2ccccc2-c2ccc(N(c3ccccc3)c3ccc(C4N=C(c5ccccc5)NC(c5ccccc5)N4)c4oc5c6ccccc6ccc5c34)cc21. The Morgan fingerprint density at radius 3 is 2.11 bits per heavy atom. The molecule has 2 unspecified atom stereocenters. The fourth-order valence-corrected chi connectivity index (χ4v) is 9.13. The molecule has 0 bridgehead atoms. The highest BCUT2D eigenvalue weighted by atomic mass is 16.3. The van der Waals surface area contributed by atoms with Crippen LogP contribution in [0.15, 0.2) is 191 Å². The van der Waals surface area contributed by atoms with Crippen LogP contribution in [0.5, 0.6) is 0 Å². The van der Waals surface area contributed by atoms with Gasteiger partial charge in [0.15, 0.2) is 0 Å². The molecular weight excluding hydrogens is 697 g/mol. The second kappa shape index (κ2) is 13.1. The topological polar surface area (TPSA) is 52.8 Å². The van der Waals surface area contributed by atoms with E-state index < -0.39 is 6.17 Å².